The first-order valence-corrected chi connectivity index (χ1v) is 10.9. The monoisotopic (exact) mass is 412 g/mol. The van der Waals surface area contributed by atoms with Crippen LogP contribution in [0.1, 0.15) is 22.6 Å². The van der Waals surface area contributed by atoms with Crippen LogP contribution in [-0.4, -0.2) is 5.11 Å². The van der Waals surface area contributed by atoms with Gasteiger partial charge in [0.2, 0.25) is 0 Å². The van der Waals surface area contributed by atoms with Crippen molar-refractivity contribution >= 4 is 0 Å². The predicted molar refractivity (Wildman–Crippen MR) is 133 cm³/mol. The van der Waals surface area contributed by atoms with E-state index >= 15 is 0 Å². The normalized spacial score (nSPS) is 10.9. The molecule has 1 nitrogen and oxygen atoms in total. The van der Waals surface area contributed by atoms with Crippen molar-refractivity contribution in [3.8, 4) is 28.0 Å². The number of rotatable bonds is 5. The summed E-state index contributed by atoms with van der Waals surface area (Å²) in [5, 5.41) is 11.3. The van der Waals surface area contributed by atoms with Crippen molar-refractivity contribution in [2.24, 2.45) is 0 Å². The number of aromatic hydroxyl groups is 1. The van der Waals surface area contributed by atoms with E-state index in [4.69, 9.17) is 0 Å². The zero-order valence-corrected chi connectivity index (χ0v) is 17.7. The summed E-state index contributed by atoms with van der Waals surface area (Å²) in [6.45, 7) is 0. The Morgan fingerprint density at radius 2 is 0.750 bits per heavy atom. The van der Waals surface area contributed by atoms with E-state index in [0.29, 0.717) is 5.75 Å². The fourth-order valence-electron chi connectivity index (χ4n) is 4.37. The summed E-state index contributed by atoms with van der Waals surface area (Å²) < 4.78 is 0. The molecule has 0 saturated heterocycles. The molecule has 0 radical (unpaired) electrons. The van der Waals surface area contributed by atoms with E-state index < -0.39 is 0 Å². The Labute approximate surface area is 189 Å². The third-order valence-electron chi connectivity index (χ3n) is 5.90. The van der Waals surface area contributed by atoms with Crippen molar-refractivity contribution in [2.75, 3.05) is 0 Å². The lowest BCUT2D eigenvalue weighted by atomic mass is 9.82. The smallest absolute Gasteiger partial charge is 0.131 e. The summed E-state index contributed by atoms with van der Waals surface area (Å²) in [6, 6.07) is 45.7. The Morgan fingerprint density at radius 1 is 0.406 bits per heavy atom. The minimum atomic E-state index is 0.0583. The molecule has 1 N–H and O–H groups in total. The molecule has 0 amide bonds. The van der Waals surface area contributed by atoms with E-state index in [1.54, 1.807) is 0 Å². The number of hydrogen-bond donors (Lipinski definition) is 1. The van der Waals surface area contributed by atoms with Gasteiger partial charge in [0.05, 0.1) is 0 Å². The van der Waals surface area contributed by atoms with Crippen molar-refractivity contribution in [3.05, 3.63) is 150 Å². The third-order valence-corrected chi connectivity index (χ3v) is 5.90. The van der Waals surface area contributed by atoms with E-state index in [1.165, 1.54) is 11.1 Å². The Bertz CT molecular complexity index is 1190. The average molecular weight is 413 g/mol. The summed E-state index contributed by atoms with van der Waals surface area (Å²) in [4.78, 5) is 0. The quantitative estimate of drug-likeness (QED) is 0.291. The second-order valence-corrected chi connectivity index (χ2v) is 7.95. The highest BCUT2D eigenvalue weighted by molar-refractivity contribution is 5.83. The van der Waals surface area contributed by atoms with Gasteiger partial charge in [0.1, 0.15) is 5.75 Å². The highest BCUT2D eigenvalue weighted by atomic mass is 16.3. The van der Waals surface area contributed by atoms with Gasteiger partial charge >= 0.3 is 0 Å². The zero-order valence-electron chi connectivity index (χ0n) is 17.7. The molecule has 0 aliphatic carbocycles. The zero-order chi connectivity index (χ0) is 21.8. The second-order valence-electron chi connectivity index (χ2n) is 7.95. The molecule has 5 rings (SSSR count). The van der Waals surface area contributed by atoms with Crippen LogP contribution < -0.4 is 0 Å². The Balaban J connectivity index is 1.79. The maximum atomic E-state index is 11.3. The van der Waals surface area contributed by atoms with Crippen LogP contribution in [0.3, 0.4) is 0 Å². The largest absolute Gasteiger partial charge is 0.507 e. The number of phenols is 1. The second kappa shape index (κ2) is 8.95. The van der Waals surface area contributed by atoms with E-state index in [2.05, 4.69) is 60.7 Å². The summed E-state index contributed by atoms with van der Waals surface area (Å²) in [6.07, 6.45) is 0. The van der Waals surface area contributed by atoms with Crippen molar-refractivity contribution in [1.29, 1.82) is 0 Å². The molecule has 0 fully saturated rings. The molecule has 32 heavy (non-hydrogen) atoms. The highest BCUT2D eigenvalue weighted by Crippen LogP contribution is 2.43. The van der Waals surface area contributed by atoms with E-state index in [-0.39, 0.29) is 5.92 Å². The molecule has 0 aliphatic rings. The topological polar surface area (TPSA) is 20.2 Å². The SMILES string of the molecule is Oc1c(-c2ccccc2)cc(C(c2ccccc2)c2ccccc2)cc1-c1ccccc1. The van der Waals surface area contributed by atoms with Crippen LogP contribution in [-0.2, 0) is 0 Å². The molecular weight excluding hydrogens is 388 g/mol. The molecule has 0 saturated carbocycles. The molecule has 5 aromatic carbocycles. The lowest BCUT2D eigenvalue weighted by Gasteiger charge is -2.22. The van der Waals surface area contributed by atoms with E-state index in [9.17, 15) is 5.11 Å². The van der Waals surface area contributed by atoms with E-state index in [1.807, 2.05) is 72.8 Å². The molecular formula is C31H24O. The van der Waals surface area contributed by atoms with Gasteiger partial charge in [0.25, 0.3) is 0 Å². The Morgan fingerprint density at radius 3 is 1.12 bits per heavy atom. The van der Waals surface area contributed by atoms with Crippen LogP contribution in [0, 0.1) is 0 Å². The molecule has 0 bridgehead atoms. The maximum Gasteiger partial charge on any atom is 0.131 e. The van der Waals surface area contributed by atoms with Crippen LogP contribution in [0.5, 0.6) is 5.75 Å². The number of benzene rings is 5. The number of hydrogen-bond acceptors (Lipinski definition) is 1. The summed E-state index contributed by atoms with van der Waals surface area (Å²) in [5.41, 5.74) is 7.30. The van der Waals surface area contributed by atoms with Crippen molar-refractivity contribution in [3.63, 3.8) is 0 Å². The Hall–Kier alpha value is -4.10. The molecule has 0 unspecified atom stereocenters. The van der Waals surface area contributed by atoms with Crippen LogP contribution in [0.25, 0.3) is 22.3 Å². The Kier molecular flexibility index (Phi) is 5.55. The van der Waals surface area contributed by atoms with Gasteiger partial charge in [-0.25, -0.2) is 0 Å². The van der Waals surface area contributed by atoms with Crippen molar-refractivity contribution in [1.82, 2.24) is 0 Å². The fraction of sp³-hybridized carbons (Fsp3) is 0.0323. The van der Waals surface area contributed by atoms with Crippen LogP contribution in [0.15, 0.2) is 133 Å². The van der Waals surface area contributed by atoms with Gasteiger partial charge in [-0.15, -0.1) is 0 Å². The summed E-state index contributed by atoms with van der Waals surface area (Å²) >= 11 is 0. The number of phenolic OH excluding ortho intramolecular Hbond substituents is 1. The van der Waals surface area contributed by atoms with Gasteiger partial charge in [-0.2, -0.15) is 0 Å². The van der Waals surface area contributed by atoms with Gasteiger partial charge in [-0.1, -0.05) is 121 Å². The van der Waals surface area contributed by atoms with Crippen LogP contribution in [0.4, 0.5) is 0 Å². The lowest BCUT2D eigenvalue weighted by molar-refractivity contribution is 0.479. The molecule has 1 heteroatoms. The molecule has 0 heterocycles. The molecule has 0 atom stereocenters. The molecule has 0 aliphatic heterocycles. The first-order valence-electron chi connectivity index (χ1n) is 10.9. The van der Waals surface area contributed by atoms with Crippen molar-refractivity contribution < 1.29 is 5.11 Å². The van der Waals surface area contributed by atoms with Gasteiger partial charge in [-0.3, -0.25) is 0 Å². The summed E-state index contributed by atoms with van der Waals surface area (Å²) in [7, 11) is 0. The summed E-state index contributed by atoms with van der Waals surface area (Å²) in [5.74, 6) is 0.369. The standard InChI is InChI=1S/C31H24O/c32-31-28(23-13-5-1-6-14-23)21-27(22-29(31)24-15-7-2-8-16-24)30(25-17-9-3-10-18-25)26-19-11-4-12-20-26/h1-22,30,32H. The maximum absolute atomic E-state index is 11.3. The van der Waals surface area contributed by atoms with Gasteiger partial charge < -0.3 is 5.11 Å². The lowest BCUT2D eigenvalue weighted by Crippen LogP contribution is -2.04. The highest BCUT2D eigenvalue weighted by Gasteiger charge is 2.21. The predicted octanol–water partition coefficient (Wildman–Crippen LogP) is 7.91. The third kappa shape index (κ3) is 3.93. The average Bonchev–Trinajstić information content (AvgIpc) is 2.87. The minimum Gasteiger partial charge on any atom is -0.507 e. The first kappa shape index (κ1) is 19.8. The first-order chi connectivity index (χ1) is 15.8. The molecule has 5 aromatic rings. The minimum absolute atomic E-state index is 0.0583. The molecule has 0 aromatic heterocycles. The van der Waals surface area contributed by atoms with E-state index in [0.717, 1.165) is 27.8 Å². The van der Waals surface area contributed by atoms with Gasteiger partial charge in [0.15, 0.2) is 0 Å². The van der Waals surface area contributed by atoms with Crippen LogP contribution in [0.2, 0.25) is 0 Å². The fourth-order valence-corrected chi connectivity index (χ4v) is 4.37. The molecule has 154 valence electrons. The van der Waals surface area contributed by atoms with Crippen molar-refractivity contribution in [2.45, 2.75) is 5.92 Å². The molecule has 0 spiro atoms. The van der Waals surface area contributed by atoms with Gasteiger partial charge in [0, 0.05) is 17.0 Å². The van der Waals surface area contributed by atoms with Gasteiger partial charge in [-0.05, 0) is 39.9 Å². The van der Waals surface area contributed by atoms with Crippen LogP contribution >= 0.6 is 0 Å².